The molecule has 14 heavy (non-hydrogen) atoms. The number of anilines is 1. The summed E-state index contributed by atoms with van der Waals surface area (Å²) in [5.74, 6) is -0.614. The van der Waals surface area contributed by atoms with Crippen molar-refractivity contribution in [2.45, 2.75) is 0 Å². The fourth-order valence-corrected chi connectivity index (χ4v) is 1.32. The fraction of sp³-hybridized carbons (Fsp3) is 0.286. The van der Waals surface area contributed by atoms with Gasteiger partial charge in [0.15, 0.2) is 5.13 Å². The van der Waals surface area contributed by atoms with Crippen molar-refractivity contribution in [2.75, 3.05) is 20.0 Å². The third-order valence-corrected chi connectivity index (χ3v) is 2.00. The topological polar surface area (TPSA) is 86.8 Å². The van der Waals surface area contributed by atoms with Crippen molar-refractivity contribution in [3.63, 3.8) is 0 Å². The number of hydrogen-bond donors (Lipinski definition) is 1. The van der Waals surface area contributed by atoms with Crippen LogP contribution >= 0.6 is 11.3 Å². The Hall–Kier alpha value is -1.63. The van der Waals surface area contributed by atoms with Crippen LogP contribution in [0.25, 0.3) is 0 Å². The van der Waals surface area contributed by atoms with Gasteiger partial charge in [0.2, 0.25) is 5.71 Å². The monoisotopic (exact) mass is 215 g/mol. The first-order valence-corrected chi connectivity index (χ1v) is 4.47. The highest BCUT2D eigenvalue weighted by molar-refractivity contribution is 7.13. The molecule has 0 atom stereocenters. The molecule has 0 spiro atoms. The number of esters is 1. The number of ether oxygens (including phenoxy) is 1. The minimum atomic E-state index is -0.614. The Morgan fingerprint density at radius 3 is 2.79 bits per heavy atom. The van der Waals surface area contributed by atoms with E-state index in [-0.39, 0.29) is 5.71 Å². The molecule has 1 aromatic rings. The van der Waals surface area contributed by atoms with E-state index in [0.29, 0.717) is 10.8 Å². The second-order valence-electron chi connectivity index (χ2n) is 2.19. The largest absolute Gasteiger partial charge is 0.464 e. The van der Waals surface area contributed by atoms with Gasteiger partial charge in [-0.15, -0.1) is 11.3 Å². The Morgan fingerprint density at radius 2 is 2.36 bits per heavy atom. The lowest BCUT2D eigenvalue weighted by Gasteiger charge is -1.98. The third-order valence-electron chi connectivity index (χ3n) is 1.33. The van der Waals surface area contributed by atoms with Crippen molar-refractivity contribution < 1.29 is 14.4 Å². The predicted molar refractivity (Wildman–Crippen MR) is 52.1 cm³/mol. The molecule has 7 heteroatoms. The fourth-order valence-electron chi connectivity index (χ4n) is 0.773. The minimum absolute atomic E-state index is 0.00273. The van der Waals surface area contributed by atoms with Crippen LogP contribution < -0.4 is 5.73 Å². The molecule has 2 N–H and O–H groups in total. The summed E-state index contributed by atoms with van der Waals surface area (Å²) in [7, 11) is 2.59. The van der Waals surface area contributed by atoms with Gasteiger partial charge in [0, 0.05) is 5.38 Å². The number of nitrogen functional groups attached to an aromatic ring is 1. The zero-order valence-electron chi connectivity index (χ0n) is 7.68. The number of aromatic nitrogens is 1. The van der Waals surface area contributed by atoms with E-state index in [1.807, 2.05) is 0 Å². The van der Waals surface area contributed by atoms with Crippen molar-refractivity contribution in [1.29, 1.82) is 0 Å². The van der Waals surface area contributed by atoms with Crippen molar-refractivity contribution in [2.24, 2.45) is 5.16 Å². The zero-order valence-corrected chi connectivity index (χ0v) is 8.50. The maximum Gasteiger partial charge on any atom is 0.362 e. The predicted octanol–water partition coefficient (Wildman–Crippen LogP) is 0.249. The Morgan fingerprint density at radius 1 is 1.64 bits per heavy atom. The first-order valence-electron chi connectivity index (χ1n) is 3.60. The molecule has 0 unspecified atom stereocenters. The van der Waals surface area contributed by atoms with Crippen molar-refractivity contribution in [3.8, 4) is 0 Å². The number of nitrogens with two attached hydrogens (primary N) is 1. The van der Waals surface area contributed by atoms with Crippen molar-refractivity contribution >= 4 is 28.1 Å². The molecule has 0 aliphatic heterocycles. The second-order valence-corrected chi connectivity index (χ2v) is 3.07. The van der Waals surface area contributed by atoms with Crippen LogP contribution in [0.1, 0.15) is 5.69 Å². The third kappa shape index (κ3) is 2.19. The molecule has 1 rings (SSSR count). The summed E-state index contributed by atoms with van der Waals surface area (Å²) >= 11 is 1.21. The first kappa shape index (κ1) is 10.5. The van der Waals surface area contributed by atoms with Gasteiger partial charge < -0.3 is 15.3 Å². The number of carbonyl (C=O) groups is 1. The zero-order chi connectivity index (χ0) is 10.6. The van der Waals surface area contributed by atoms with Gasteiger partial charge in [0.1, 0.15) is 12.8 Å². The van der Waals surface area contributed by atoms with Crippen molar-refractivity contribution in [1.82, 2.24) is 4.98 Å². The number of carbonyl (C=O) groups excluding carboxylic acids is 1. The first-order chi connectivity index (χ1) is 6.69. The van der Waals surface area contributed by atoms with Crippen LogP contribution in [0.3, 0.4) is 0 Å². The molecule has 0 aliphatic rings. The Kier molecular flexibility index (Phi) is 3.41. The molecule has 6 nitrogen and oxygen atoms in total. The van der Waals surface area contributed by atoms with Crippen LogP contribution in [0, 0.1) is 0 Å². The minimum Gasteiger partial charge on any atom is -0.464 e. The molecule has 0 saturated carbocycles. The van der Waals surface area contributed by atoms with E-state index >= 15 is 0 Å². The number of methoxy groups -OCH3 is 1. The molecule has 0 bridgehead atoms. The highest BCUT2D eigenvalue weighted by Gasteiger charge is 2.18. The molecule has 0 radical (unpaired) electrons. The quantitative estimate of drug-likeness (QED) is 0.443. The van der Waals surface area contributed by atoms with Gasteiger partial charge in [-0.3, -0.25) is 0 Å². The molecule has 0 aliphatic carbocycles. The number of nitrogens with zero attached hydrogens (tertiary/aromatic N) is 2. The average molecular weight is 215 g/mol. The Balaban J connectivity index is 3.00. The SMILES string of the molecule is CON=C(C(=O)OC)c1csc(N)n1. The lowest BCUT2D eigenvalue weighted by molar-refractivity contribution is -0.132. The summed E-state index contributed by atoms with van der Waals surface area (Å²) < 4.78 is 4.50. The van der Waals surface area contributed by atoms with Crippen LogP contribution in [0.2, 0.25) is 0 Å². The molecular weight excluding hydrogens is 206 g/mol. The molecule has 76 valence electrons. The van der Waals surface area contributed by atoms with Gasteiger partial charge in [-0.2, -0.15) is 0 Å². The van der Waals surface area contributed by atoms with Gasteiger partial charge >= 0.3 is 5.97 Å². The molecule has 0 saturated heterocycles. The highest BCUT2D eigenvalue weighted by atomic mass is 32.1. The average Bonchev–Trinajstić information content (AvgIpc) is 2.60. The van der Waals surface area contributed by atoms with Crippen LogP contribution in [-0.4, -0.2) is 30.9 Å². The van der Waals surface area contributed by atoms with E-state index in [1.165, 1.54) is 25.6 Å². The van der Waals surface area contributed by atoms with E-state index in [2.05, 4.69) is 19.7 Å². The maximum absolute atomic E-state index is 11.2. The summed E-state index contributed by atoms with van der Waals surface area (Å²) in [6.07, 6.45) is 0. The van der Waals surface area contributed by atoms with Gasteiger partial charge in [-0.25, -0.2) is 9.78 Å². The van der Waals surface area contributed by atoms with Crippen molar-refractivity contribution in [3.05, 3.63) is 11.1 Å². The highest BCUT2D eigenvalue weighted by Crippen LogP contribution is 2.12. The molecule has 1 heterocycles. The standard InChI is InChI=1S/C7H9N3O3S/c1-12-6(11)5(10-13-2)4-3-14-7(8)9-4/h3H,1-2H3,(H2,8,9). The number of oxime groups is 1. The summed E-state index contributed by atoms with van der Waals surface area (Å²) in [4.78, 5) is 19.6. The van der Waals surface area contributed by atoms with Gasteiger partial charge in [-0.1, -0.05) is 5.16 Å². The molecule has 1 aromatic heterocycles. The Bertz CT molecular complexity index is 361. The molecule has 0 fully saturated rings. The summed E-state index contributed by atoms with van der Waals surface area (Å²) in [5.41, 5.74) is 5.76. The van der Waals surface area contributed by atoms with Crippen LogP contribution in [-0.2, 0) is 14.4 Å². The maximum atomic E-state index is 11.2. The van der Waals surface area contributed by atoms with E-state index in [1.54, 1.807) is 5.38 Å². The van der Waals surface area contributed by atoms with Gasteiger partial charge in [-0.05, 0) is 0 Å². The lowest BCUT2D eigenvalue weighted by atomic mass is 10.3. The number of rotatable bonds is 3. The molecular formula is C7H9N3O3S. The van der Waals surface area contributed by atoms with E-state index in [0.717, 1.165) is 0 Å². The molecule has 0 aromatic carbocycles. The smallest absolute Gasteiger partial charge is 0.362 e. The number of thiazole rings is 1. The lowest BCUT2D eigenvalue weighted by Crippen LogP contribution is -2.18. The summed E-state index contributed by atoms with van der Waals surface area (Å²) in [5, 5.41) is 5.46. The summed E-state index contributed by atoms with van der Waals surface area (Å²) in [6, 6.07) is 0. The van der Waals surface area contributed by atoms with E-state index in [4.69, 9.17) is 5.73 Å². The normalized spacial score (nSPS) is 11.1. The van der Waals surface area contributed by atoms with Crippen LogP contribution in [0.4, 0.5) is 5.13 Å². The van der Waals surface area contributed by atoms with Crippen LogP contribution in [0.5, 0.6) is 0 Å². The van der Waals surface area contributed by atoms with Crippen LogP contribution in [0.15, 0.2) is 10.5 Å². The number of hydrogen-bond acceptors (Lipinski definition) is 7. The summed E-state index contributed by atoms with van der Waals surface area (Å²) in [6.45, 7) is 0. The second kappa shape index (κ2) is 4.56. The van der Waals surface area contributed by atoms with E-state index in [9.17, 15) is 4.79 Å². The van der Waals surface area contributed by atoms with Gasteiger partial charge in [0.25, 0.3) is 0 Å². The van der Waals surface area contributed by atoms with Gasteiger partial charge in [0.05, 0.1) is 7.11 Å². The molecule has 0 amide bonds. The van der Waals surface area contributed by atoms with E-state index < -0.39 is 5.97 Å². The Labute approximate surface area is 84.3 Å².